The van der Waals surface area contributed by atoms with Gasteiger partial charge in [-0.3, -0.25) is 13.9 Å². The van der Waals surface area contributed by atoms with Crippen molar-refractivity contribution in [3.63, 3.8) is 0 Å². The van der Waals surface area contributed by atoms with E-state index in [9.17, 15) is 18.0 Å². The molecule has 2 amide bonds. The lowest BCUT2D eigenvalue weighted by Crippen LogP contribution is -2.52. The van der Waals surface area contributed by atoms with E-state index in [4.69, 9.17) is 0 Å². The molecule has 3 aromatic carbocycles. The highest BCUT2D eigenvalue weighted by molar-refractivity contribution is 7.92. The Balaban J connectivity index is 2.08. The number of amides is 2. The van der Waals surface area contributed by atoms with E-state index in [1.54, 1.807) is 43.3 Å². The SMILES string of the molecule is Cc1ccc(S(=O)(=O)N(CC(=O)N(Cc2ccccc2C)[C@H](C)C(=O)NC(C)C)c2cc(C)cc(C)c2)cc1. The van der Waals surface area contributed by atoms with E-state index in [0.29, 0.717) is 5.69 Å². The van der Waals surface area contributed by atoms with Crippen LogP contribution in [0.3, 0.4) is 0 Å². The summed E-state index contributed by atoms with van der Waals surface area (Å²) in [5.74, 6) is -0.772. The summed E-state index contributed by atoms with van der Waals surface area (Å²) in [7, 11) is -4.09. The molecule has 1 atom stereocenters. The van der Waals surface area contributed by atoms with Crippen LogP contribution < -0.4 is 9.62 Å². The number of aryl methyl sites for hydroxylation is 4. The molecule has 39 heavy (non-hydrogen) atoms. The van der Waals surface area contributed by atoms with E-state index in [2.05, 4.69) is 5.32 Å². The lowest BCUT2D eigenvalue weighted by atomic mass is 10.1. The number of carbonyl (C=O) groups excluding carboxylic acids is 2. The third-order valence-corrected chi connectivity index (χ3v) is 8.37. The summed E-state index contributed by atoms with van der Waals surface area (Å²) in [5.41, 5.74) is 4.94. The molecule has 0 aliphatic rings. The van der Waals surface area contributed by atoms with E-state index in [1.807, 2.05) is 71.9 Å². The second-order valence-corrected chi connectivity index (χ2v) is 12.3. The minimum absolute atomic E-state index is 0.0936. The number of hydrogen-bond acceptors (Lipinski definition) is 4. The lowest BCUT2D eigenvalue weighted by molar-refractivity contribution is -0.139. The largest absolute Gasteiger partial charge is 0.352 e. The van der Waals surface area contributed by atoms with Gasteiger partial charge in [0.05, 0.1) is 10.6 Å². The Bertz CT molecular complexity index is 1410. The Hall–Kier alpha value is -3.65. The van der Waals surface area contributed by atoms with E-state index in [0.717, 1.165) is 32.1 Å². The first-order chi connectivity index (χ1) is 18.3. The van der Waals surface area contributed by atoms with Crippen LogP contribution in [-0.4, -0.2) is 43.8 Å². The number of hydrogen-bond donors (Lipinski definition) is 1. The second kappa shape index (κ2) is 12.5. The van der Waals surface area contributed by atoms with Crippen LogP contribution in [0.5, 0.6) is 0 Å². The highest BCUT2D eigenvalue weighted by atomic mass is 32.2. The Kier molecular flexibility index (Phi) is 9.56. The van der Waals surface area contributed by atoms with Crippen LogP contribution in [0, 0.1) is 27.7 Å². The van der Waals surface area contributed by atoms with Crippen LogP contribution in [-0.2, 0) is 26.2 Å². The minimum atomic E-state index is -4.09. The molecule has 0 fully saturated rings. The van der Waals surface area contributed by atoms with E-state index in [1.165, 1.54) is 4.90 Å². The molecule has 0 heterocycles. The normalized spacial score (nSPS) is 12.2. The zero-order valence-electron chi connectivity index (χ0n) is 23.9. The monoisotopic (exact) mass is 549 g/mol. The molecule has 0 radical (unpaired) electrons. The Morgan fingerprint density at radius 2 is 1.41 bits per heavy atom. The van der Waals surface area contributed by atoms with Gasteiger partial charge < -0.3 is 10.2 Å². The number of carbonyl (C=O) groups is 2. The van der Waals surface area contributed by atoms with Gasteiger partial charge in [-0.25, -0.2) is 8.42 Å². The zero-order chi connectivity index (χ0) is 28.9. The summed E-state index contributed by atoms with van der Waals surface area (Å²) in [4.78, 5) is 28.6. The maximum absolute atomic E-state index is 14.0. The molecule has 0 aliphatic carbocycles. The number of benzene rings is 3. The average Bonchev–Trinajstić information content (AvgIpc) is 2.85. The van der Waals surface area contributed by atoms with Crippen molar-refractivity contribution in [3.8, 4) is 0 Å². The number of nitrogens with zero attached hydrogens (tertiary/aromatic N) is 2. The molecule has 0 aliphatic heterocycles. The molecule has 0 aromatic heterocycles. The summed E-state index contributed by atoms with van der Waals surface area (Å²) < 4.78 is 29.1. The zero-order valence-corrected chi connectivity index (χ0v) is 24.7. The summed E-state index contributed by atoms with van der Waals surface area (Å²) in [6.45, 7) is 12.7. The topological polar surface area (TPSA) is 86.8 Å². The van der Waals surface area contributed by atoms with Crippen molar-refractivity contribution >= 4 is 27.5 Å². The first-order valence-electron chi connectivity index (χ1n) is 13.1. The van der Waals surface area contributed by atoms with Crippen molar-refractivity contribution in [1.82, 2.24) is 10.2 Å². The first kappa shape index (κ1) is 29.9. The van der Waals surface area contributed by atoms with Gasteiger partial charge >= 0.3 is 0 Å². The molecule has 1 N–H and O–H groups in total. The van der Waals surface area contributed by atoms with Crippen LogP contribution in [0.4, 0.5) is 5.69 Å². The van der Waals surface area contributed by atoms with Crippen LogP contribution in [0.25, 0.3) is 0 Å². The fraction of sp³-hybridized carbons (Fsp3) is 0.355. The van der Waals surface area contributed by atoms with Gasteiger partial charge in [0.15, 0.2) is 0 Å². The van der Waals surface area contributed by atoms with Crippen molar-refractivity contribution in [3.05, 3.63) is 94.5 Å². The molecule has 0 bridgehead atoms. The van der Waals surface area contributed by atoms with Gasteiger partial charge in [-0.15, -0.1) is 0 Å². The third kappa shape index (κ3) is 7.47. The first-order valence-corrected chi connectivity index (χ1v) is 14.6. The summed E-state index contributed by atoms with van der Waals surface area (Å²) in [6, 6.07) is 18.8. The molecule has 208 valence electrons. The van der Waals surface area contributed by atoms with Gasteiger partial charge in [0.2, 0.25) is 11.8 Å². The molecule has 0 saturated heterocycles. The van der Waals surface area contributed by atoms with Crippen LogP contribution in [0.15, 0.2) is 71.6 Å². The number of anilines is 1. The molecule has 0 saturated carbocycles. The summed E-state index contributed by atoms with van der Waals surface area (Å²) in [5, 5.41) is 2.87. The fourth-order valence-corrected chi connectivity index (χ4v) is 5.82. The van der Waals surface area contributed by atoms with Crippen molar-refractivity contribution in [2.75, 3.05) is 10.8 Å². The quantitative estimate of drug-likeness (QED) is 0.383. The maximum Gasteiger partial charge on any atom is 0.264 e. The molecular formula is C31H39N3O4S. The standard InChI is InChI=1S/C31H39N3O4S/c1-21(2)32-31(36)26(7)33(19-27-11-9-8-10-25(27)6)30(35)20-34(28-17-23(4)16-24(5)18-28)39(37,38)29-14-12-22(3)13-15-29/h8-18,21,26H,19-20H2,1-7H3,(H,32,36)/t26-/m1/s1. The smallest absolute Gasteiger partial charge is 0.264 e. The Morgan fingerprint density at radius 1 is 0.821 bits per heavy atom. The van der Waals surface area contributed by atoms with Gasteiger partial charge in [0.25, 0.3) is 10.0 Å². The van der Waals surface area contributed by atoms with Gasteiger partial charge in [-0.1, -0.05) is 48.0 Å². The van der Waals surface area contributed by atoms with E-state index >= 15 is 0 Å². The molecule has 7 nitrogen and oxygen atoms in total. The van der Waals surface area contributed by atoms with Gasteiger partial charge in [0.1, 0.15) is 12.6 Å². The predicted octanol–water partition coefficient (Wildman–Crippen LogP) is 5.06. The van der Waals surface area contributed by atoms with Crippen LogP contribution >= 0.6 is 0 Å². The van der Waals surface area contributed by atoms with Crippen molar-refractivity contribution in [2.45, 2.75) is 72.0 Å². The van der Waals surface area contributed by atoms with E-state index < -0.39 is 28.5 Å². The fourth-order valence-electron chi connectivity index (χ4n) is 4.42. The lowest BCUT2D eigenvalue weighted by Gasteiger charge is -2.32. The Morgan fingerprint density at radius 3 is 1.97 bits per heavy atom. The molecule has 0 unspecified atom stereocenters. The molecule has 0 spiro atoms. The Labute approximate surface area is 232 Å². The molecular weight excluding hydrogens is 510 g/mol. The molecule has 3 aromatic rings. The summed E-state index contributed by atoms with van der Waals surface area (Å²) >= 11 is 0. The summed E-state index contributed by atoms with van der Waals surface area (Å²) in [6.07, 6.45) is 0. The highest BCUT2D eigenvalue weighted by Gasteiger charge is 2.33. The van der Waals surface area contributed by atoms with E-state index in [-0.39, 0.29) is 23.4 Å². The highest BCUT2D eigenvalue weighted by Crippen LogP contribution is 2.27. The molecule has 8 heteroatoms. The molecule has 3 rings (SSSR count). The van der Waals surface area contributed by atoms with Gasteiger partial charge in [-0.05, 0) is 95.0 Å². The van der Waals surface area contributed by atoms with Crippen LogP contribution in [0.2, 0.25) is 0 Å². The van der Waals surface area contributed by atoms with Gasteiger partial charge in [0, 0.05) is 12.6 Å². The number of rotatable bonds is 10. The number of nitrogens with one attached hydrogen (secondary N) is 1. The number of sulfonamides is 1. The predicted molar refractivity (Wildman–Crippen MR) is 156 cm³/mol. The van der Waals surface area contributed by atoms with Gasteiger partial charge in [-0.2, -0.15) is 0 Å². The van der Waals surface area contributed by atoms with Crippen molar-refractivity contribution < 1.29 is 18.0 Å². The maximum atomic E-state index is 14.0. The average molecular weight is 550 g/mol. The van der Waals surface area contributed by atoms with Crippen molar-refractivity contribution in [2.24, 2.45) is 0 Å². The minimum Gasteiger partial charge on any atom is -0.352 e. The third-order valence-electron chi connectivity index (χ3n) is 6.58. The van der Waals surface area contributed by atoms with Crippen LogP contribution in [0.1, 0.15) is 48.6 Å². The van der Waals surface area contributed by atoms with Crippen molar-refractivity contribution in [1.29, 1.82) is 0 Å². The second-order valence-electron chi connectivity index (χ2n) is 10.5.